The van der Waals surface area contributed by atoms with Gasteiger partial charge in [-0.15, -0.1) is 0 Å². The molecular weight excluding hydrogens is 829 g/mol. The number of rotatable bonds is 14. The molecule has 2 atom stereocenters. The van der Waals surface area contributed by atoms with Crippen molar-refractivity contribution >= 4 is 30.0 Å². The molecule has 0 unspecified atom stereocenters. The summed E-state index contributed by atoms with van der Waals surface area (Å²) in [5.41, 5.74) is 2.92. The summed E-state index contributed by atoms with van der Waals surface area (Å²) < 4.78 is 33.0. The second-order valence-electron chi connectivity index (χ2n) is 18.7. The average Bonchev–Trinajstić information content (AvgIpc) is 3.22. The van der Waals surface area contributed by atoms with Gasteiger partial charge in [0.25, 0.3) is 5.79 Å². The normalized spacial score (nSPS) is 16.8. The molecule has 2 aliphatic rings. The predicted octanol–water partition coefficient (Wildman–Crippen LogP) is 10.1. The van der Waals surface area contributed by atoms with Crippen molar-refractivity contribution in [2.75, 3.05) is 0 Å². The second-order valence-corrected chi connectivity index (χ2v) is 18.7. The second kappa shape index (κ2) is 22.5. The molecule has 0 radical (unpaired) electrons. The molecule has 13 heteroatoms. The van der Waals surface area contributed by atoms with E-state index in [9.17, 15) is 24.0 Å². The maximum Gasteiger partial charge on any atom is 0.417 e. The summed E-state index contributed by atoms with van der Waals surface area (Å²) in [6.07, 6.45) is 2.47. The molecule has 0 saturated carbocycles. The molecule has 1 N–H and O–H groups in total. The van der Waals surface area contributed by atoms with Crippen molar-refractivity contribution in [1.82, 2.24) is 10.2 Å². The highest BCUT2D eigenvalue weighted by molar-refractivity contribution is 5.96. The Morgan fingerprint density at radius 2 is 1.18 bits per heavy atom. The molecule has 6 rings (SSSR count). The molecule has 2 fully saturated rings. The summed E-state index contributed by atoms with van der Waals surface area (Å²) >= 11 is 0. The van der Waals surface area contributed by atoms with E-state index in [4.69, 9.17) is 28.4 Å². The van der Waals surface area contributed by atoms with E-state index in [-0.39, 0.29) is 24.4 Å². The van der Waals surface area contributed by atoms with Crippen LogP contribution in [0.5, 0.6) is 11.5 Å². The zero-order valence-corrected chi connectivity index (χ0v) is 38.9. The lowest BCUT2D eigenvalue weighted by Gasteiger charge is -2.35. The Hall–Kier alpha value is -6.37. The number of alkyl carbamates (subject to hydrolysis) is 1. The molecule has 0 aromatic heterocycles. The lowest BCUT2D eigenvalue weighted by molar-refractivity contribution is -0.240. The van der Waals surface area contributed by atoms with Gasteiger partial charge in [-0.25, -0.2) is 14.5 Å². The smallest absolute Gasteiger partial charge is 0.417 e. The number of ether oxygens (including phenoxy) is 6. The number of imide groups is 1. The minimum atomic E-state index is -1.27. The quantitative estimate of drug-likeness (QED) is 0.0730. The Morgan fingerprint density at radius 3 is 1.68 bits per heavy atom. The molecule has 0 bridgehead atoms. The van der Waals surface area contributed by atoms with Gasteiger partial charge >= 0.3 is 24.1 Å². The first-order valence-electron chi connectivity index (χ1n) is 22.2. The van der Waals surface area contributed by atoms with Gasteiger partial charge < -0.3 is 33.7 Å². The van der Waals surface area contributed by atoms with Crippen LogP contribution in [-0.4, -0.2) is 64.0 Å². The van der Waals surface area contributed by atoms with Crippen molar-refractivity contribution in [3.05, 3.63) is 131 Å². The largest absolute Gasteiger partial charge is 0.489 e. The predicted molar refractivity (Wildman–Crippen MR) is 245 cm³/mol. The van der Waals surface area contributed by atoms with Crippen LogP contribution in [0.3, 0.4) is 0 Å². The number of nitrogens with one attached hydrogen (secondary N) is 1. The number of likely N-dealkylation sites (tertiary alicyclic amines) is 1. The number of nitrogens with zero attached hydrogens (tertiary/aromatic N) is 1. The first-order valence-corrected chi connectivity index (χ1v) is 22.2. The highest BCUT2D eigenvalue weighted by atomic mass is 16.7. The zero-order valence-electron chi connectivity index (χ0n) is 38.9. The van der Waals surface area contributed by atoms with E-state index in [1.165, 1.54) is 18.7 Å². The van der Waals surface area contributed by atoms with Crippen molar-refractivity contribution in [2.24, 2.45) is 5.92 Å². The lowest BCUT2D eigenvalue weighted by atomic mass is 9.95. The summed E-state index contributed by atoms with van der Waals surface area (Å²) in [4.78, 5) is 63.4. The molecule has 13 nitrogen and oxygen atoms in total. The molecule has 0 spiro atoms. The standard InChI is InChI=1S/C28H35NO7.C24H29NO4/c1-27(2,3)36-26(32)29-21(13-16-23-24(30)34-28(4,5)35-25(23)31)17-19-11-14-22(15-12-19)33-18-20-9-7-6-8-10-20;1-24(2,3)29-23(27)25-20(10-7-11-22(25)26)16-18-12-14-21(15-13-18)28-17-19-8-5-4-6-9-19/h6-12,14-15,21,23H,13,16-18H2,1-5H3,(H,29,32);4-6,8-9,12-15,20H,7,10-11,16-17H2,1-3H3/t21-;20-/m11/s1. The first-order chi connectivity index (χ1) is 30.7. The van der Waals surface area contributed by atoms with Crippen LogP contribution < -0.4 is 14.8 Å². The van der Waals surface area contributed by atoms with Crippen LogP contribution in [0.4, 0.5) is 9.59 Å². The van der Waals surface area contributed by atoms with Gasteiger partial charge in [-0.2, -0.15) is 0 Å². The highest BCUT2D eigenvalue weighted by Gasteiger charge is 2.43. The van der Waals surface area contributed by atoms with Crippen LogP contribution in [0.2, 0.25) is 0 Å². The lowest BCUT2D eigenvalue weighted by Crippen LogP contribution is -2.50. The van der Waals surface area contributed by atoms with Gasteiger partial charge in [0.05, 0.1) is 0 Å². The van der Waals surface area contributed by atoms with Gasteiger partial charge in [-0.1, -0.05) is 84.9 Å². The van der Waals surface area contributed by atoms with Gasteiger partial charge in [0, 0.05) is 32.4 Å². The minimum Gasteiger partial charge on any atom is -0.489 e. The molecule has 4 aromatic rings. The van der Waals surface area contributed by atoms with Crippen LogP contribution in [-0.2, 0) is 59.4 Å². The number of carbonyl (C=O) groups is 5. The highest BCUT2D eigenvalue weighted by Crippen LogP contribution is 2.28. The topological polar surface area (TPSA) is 156 Å². The molecule has 2 aliphatic heterocycles. The maximum atomic E-state index is 12.6. The fraction of sp³-hybridized carbons (Fsp3) is 0.442. The first kappa shape index (κ1) is 49.6. The van der Waals surface area contributed by atoms with Crippen molar-refractivity contribution in [3.63, 3.8) is 0 Å². The number of benzene rings is 4. The average molecular weight is 893 g/mol. The van der Waals surface area contributed by atoms with Gasteiger partial charge in [-0.3, -0.25) is 14.4 Å². The SMILES string of the molecule is CC(C)(C)OC(=O)N1C(=O)CCC[C@@H]1Cc1ccc(OCc2ccccc2)cc1.CC(C)(C)OC(=O)N[C@H](CCC1C(=O)OC(C)(C)OC1=O)Cc1ccc(OCc2ccccc2)cc1. The molecule has 2 saturated heterocycles. The monoisotopic (exact) mass is 892 g/mol. The number of carbonyl (C=O) groups excluding carboxylic acids is 5. The molecule has 4 aromatic carbocycles. The van der Waals surface area contributed by atoms with E-state index in [0.717, 1.165) is 46.6 Å². The Kier molecular flexibility index (Phi) is 17.2. The molecule has 348 valence electrons. The van der Waals surface area contributed by atoms with E-state index in [1.54, 1.807) is 20.8 Å². The summed E-state index contributed by atoms with van der Waals surface area (Å²) in [6, 6.07) is 34.8. The minimum absolute atomic E-state index is 0.154. The zero-order chi connectivity index (χ0) is 47.2. The molecule has 0 aliphatic carbocycles. The van der Waals surface area contributed by atoms with E-state index in [0.29, 0.717) is 38.9 Å². The molecular formula is C52H64N2O11. The van der Waals surface area contributed by atoms with Crippen LogP contribution in [0.1, 0.15) is 110 Å². The van der Waals surface area contributed by atoms with E-state index >= 15 is 0 Å². The third-order valence-electron chi connectivity index (χ3n) is 10.2. The van der Waals surface area contributed by atoms with E-state index in [2.05, 4.69) is 5.32 Å². The van der Waals surface area contributed by atoms with Gasteiger partial charge in [0.15, 0.2) is 5.92 Å². The Labute approximate surface area is 383 Å². The van der Waals surface area contributed by atoms with Crippen molar-refractivity contribution in [1.29, 1.82) is 0 Å². The number of cyclic esters (lactones) is 2. The van der Waals surface area contributed by atoms with Crippen LogP contribution in [0.25, 0.3) is 0 Å². The summed E-state index contributed by atoms with van der Waals surface area (Å²) in [6.45, 7) is 14.8. The number of esters is 2. The third-order valence-corrected chi connectivity index (χ3v) is 10.2. The molecule has 2 heterocycles. The number of amides is 3. The maximum absolute atomic E-state index is 12.6. The van der Waals surface area contributed by atoms with Gasteiger partial charge in [0.1, 0.15) is 35.9 Å². The van der Waals surface area contributed by atoms with Crippen LogP contribution >= 0.6 is 0 Å². The number of hydrogen-bond acceptors (Lipinski definition) is 11. The molecule has 65 heavy (non-hydrogen) atoms. The van der Waals surface area contributed by atoms with E-state index < -0.39 is 47.0 Å². The Morgan fingerprint density at radius 1 is 0.692 bits per heavy atom. The molecule has 3 amide bonds. The van der Waals surface area contributed by atoms with Crippen molar-refractivity contribution in [2.45, 2.75) is 143 Å². The summed E-state index contributed by atoms with van der Waals surface area (Å²) in [5, 5.41) is 2.87. The number of hydrogen-bond donors (Lipinski definition) is 1. The fourth-order valence-electron chi connectivity index (χ4n) is 7.23. The third kappa shape index (κ3) is 16.9. The van der Waals surface area contributed by atoms with Crippen molar-refractivity contribution < 1.29 is 52.4 Å². The van der Waals surface area contributed by atoms with Gasteiger partial charge in [-0.05, 0) is 127 Å². The van der Waals surface area contributed by atoms with Crippen LogP contribution in [0.15, 0.2) is 109 Å². The number of piperidine rings is 1. The van der Waals surface area contributed by atoms with Crippen LogP contribution in [0, 0.1) is 5.92 Å². The fourth-order valence-corrected chi connectivity index (χ4v) is 7.23. The van der Waals surface area contributed by atoms with Gasteiger partial charge in [0.2, 0.25) is 5.91 Å². The van der Waals surface area contributed by atoms with Crippen molar-refractivity contribution in [3.8, 4) is 11.5 Å². The van der Waals surface area contributed by atoms with E-state index in [1.807, 2.05) is 130 Å². The Balaban J connectivity index is 0.000000250. The summed E-state index contributed by atoms with van der Waals surface area (Å²) in [5.74, 6) is -2.17. The summed E-state index contributed by atoms with van der Waals surface area (Å²) in [7, 11) is 0. The Bertz CT molecular complexity index is 2160.